The SMILES string of the molecule is Brc1nsc(C2=C[C@@H]3CNC[C@@H]3C2)n1.Cl.Clc1nc(Br)ns1. The van der Waals surface area contributed by atoms with Gasteiger partial charge in [-0.05, 0) is 96.9 Å². The maximum absolute atomic E-state index is 5.38. The molecule has 2 aromatic rings. The molecule has 1 saturated heterocycles. The number of halogens is 4. The molecule has 22 heavy (non-hydrogen) atoms. The third kappa shape index (κ3) is 4.68. The summed E-state index contributed by atoms with van der Waals surface area (Å²) in [6.07, 6.45) is 3.54. The second kappa shape index (κ2) is 8.46. The highest BCUT2D eigenvalue weighted by atomic mass is 79.9. The Morgan fingerprint density at radius 2 is 1.86 bits per heavy atom. The second-order valence-corrected chi connectivity index (χ2v) is 8.17. The number of rotatable bonds is 1. The summed E-state index contributed by atoms with van der Waals surface area (Å²) in [4.78, 5) is 8.06. The summed E-state index contributed by atoms with van der Waals surface area (Å²) in [5.41, 5.74) is 1.39. The summed E-state index contributed by atoms with van der Waals surface area (Å²) in [5, 5.41) is 4.50. The molecule has 120 valence electrons. The molecule has 0 bridgehead atoms. The van der Waals surface area contributed by atoms with E-state index in [4.69, 9.17) is 11.6 Å². The van der Waals surface area contributed by atoms with Crippen LogP contribution in [0, 0.1) is 11.8 Å². The maximum Gasteiger partial charge on any atom is 0.210 e. The Bertz CT molecular complexity index is 646. The molecular weight excluding hydrogens is 497 g/mol. The molecule has 1 N–H and O–H groups in total. The topological polar surface area (TPSA) is 63.6 Å². The molecule has 5 nitrogen and oxygen atoms in total. The first-order chi connectivity index (χ1) is 10.1. The van der Waals surface area contributed by atoms with Gasteiger partial charge in [0.25, 0.3) is 0 Å². The first kappa shape index (κ1) is 18.7. The van der Waals surface area contributed by atoms with Gasteiger partial charge in [0.05, 0.1) is 0 Å². The van der Waals surface area contributed by atoms with E-state index in [0.29, 0.717) is 13.9 Å². The zero-order valence-electron chi connectivity index (χ0n) is 11.0. The molecule has 0 aromatic carbocycles. The van der Waals surface area contributed by atoms with Gasteiger partial charge in [-0.2, -0.15) is 13.7 Å². The lowest BCUT2D eigenvalue weighted by molar-refractivity contribution is 0.536. The summed E-state index contributed by atoms with van der Waals surface area (Å²) >= 11 is 14.4. The summed E-state index contributed by atoms with van der Waals surface area (Å²) in [6, 6.07) is 0. The fraction of sp³-hybridized carbons (Fsp3) is 0.455. The van der Waals surface area contributed by atoms with E-state index in [9.17, 15) is 0 Å². The lowest BCUT2D eigenvalue weighted by Crippen LogP contribution is -2.09. The van der Waals surface area contributed by atoms with Crippen molar-refractivity contribution in [2.24, 2.45) is 11.8 Å². The minimum atomic E-state index is 0. The zero-order chi connectivity index (χ0) is 14.8. The minimum absolute atomic E-state index is 0. The molecule has 1 aliphatic heterocycles. The molecule has 0 spiro atoms. The van der Waals surface area contributed by atoms with Gasteiger partial charge in [0.15, 0.2) is 0 Å². The molecule has 4 rings (SSSR count). The molecule has 11 heteroatoms. The first-order valence-corrected chi connectivity index (χ1v) is 9.68. The van der Waals surface area contributed by atoms with E-state index >= 15 is 0 Å². The van der Waals surface area contributed by atoms with Crippen LogP contribution in [0.1, 0.15) is 11.4 Å². The van der Waals surface area contributed by atoms with E-state index < -0.39 is 0 Å². The average molecular weight is 508 g/mol. The summed E-state index contributed by atoms with van der Waals surface area (Å²) in [6.45, 7) is 2.29. The molecule has 2 aliphatic rings. The molecule has 2 aromatic heterocycles. The second-order valence-electron chi connectivity index (χ2n) is 4.66. The van der Waals surface area contributed by atoms with Crippen LogP contribution in [0.4, 0.5) is 0 Å². The normalized spacial score (nSPS) is 22.4. The Balaban J connectivity index is 0.000000189. The van der Waals surface area contributed by atoms with Gasteiger partial charge in [0.1, 0.15) is 5.01 Å². The van der Waals surface area contributed by atoms with Crippen LogP contribution >= 0.6 is 78.9 Å². The van der Waals surface area contributed by atoms with Crippen LogP contribution in [0.15, 0.2) is 15.5 Å². The number of aromatic nitrogens is 4. The minimum Gasteiger partial charge on any atom is -0.316 e. The van der Waals surface area contributed by atoms with Crippen molar-refractivity contribution in [3.8, 4) is 0 Å². The zero-order valence-corrected chi connectivity index (χ0v) is 17.4. The van der Waals surface area contributed by atoms with Crippen molar-refractivity contribution in [1.29, 1.82) is 0 Å². The monoisotopic (exact) mass is 505 g/mol. The standard InChI is InChI=1S/C9H10BrN3S.C2BrClN2S.ClH/c10-9-12-8(14-13-9)5-1-6-3-11-4-7(6)2-5;3-1-5-2(4)7-6-1;/h1,6-7,11H,2-4H2;;1H/t6-,7+;;/m1../s1. The summed E-state index contributed by atoms with van der Waals surface area (Å²) in [7, 11) is 0. The van der Waals surface area contributed by atoms with Crippen LogP contribution in [0.25, 0.3) is 5.57 Å². The predicted molar refractivity (Wildman–Crippen MR) is 99.9 cm³/mol. The van der Waals surface area contributed by atoms with Gasteiger partial charge in [-0.15, -0.1) is 12.4 Å². The van der Waals surface area contributed by atoms with Crippen molar-refractivity contribution < 1.29 is 0 Å². The Labute approximate surface area is 164 Å². The van der Waals surface area contributed by atoms with Gasteiger partial charge in [0, 0.05) is 6.54 Å². The van der Waals surface area contributed by atoms with Crippen LogP contribution in [0.3, 0.4) is 0 Å². The average Bonchev–Trinajstić information content (AvgIpc) is 3.14. The first-order valence-electron chi connectivity index (χ1n) is 6.17. The van der Waals surface area contributed by atoms with E-state index in [1.807, 2.05) is 0 Å². The van der Waals surface area contributed by atoms with Crippen LogP contribution in [0.5, 0.6) is 0 Å². The molecule has 1 aliphatic carbocycles. The van der Waals surface area contributed by atoms with Gasteiger partial charge >= 0.3 is 0 Å². The van der Waals surface area contributed by atoms with E-state index in [1.165, 1.54) is 23.5 Å². The highest BCUT2D eigenvalue weighted by molar-refractivity contribution is 9.10. The number of fused-ring (bicyclic) bond motifs is 1. The quantitative estimate of drug-likeness (QED) is 0.623. The molecule has 0 unspecified atom stereocenters. The van der Waals surface area contributed by atoms with Crippen molar-refractivity contribution in [1.82, 2.24) is 24.0 Å². The summed E-state index contributed by atoms with van der Waals surface area (Å²) in [5.74, 6) is 1.53. The van der Waals surface area contributed by atoms with Gasteiger partial charge in [0.2, 0.25) is 13.9 Å². The van der Waals surface area contributed by atoms with Crippen molar-refractivity contribution in [3.05, 3.63) is 25.0 Å². The molecule has 2 atom stereocenters. The van der Waals surface area contributed by atoms with Gasteiger partial charge in [-0.25, -0.2) is 4.98 Å². The van der Waals surface area contributed by atoms with Crippen LogP contribution < -0.4 is 5.32 Å². The van der Waals surface area contributed by atoms with E-state index in [-0.39, 0.29) is 12.4 Å². The number of hydrogen-bond acceptors (Lipinski definition) is 7. The largest absolute Gasteiger partial charge is 0.316 e. The van der Waals surface area contributed by atoms with Gasteiger partial charge in [-0.1, -0.05) is 6.08 Å². The highest BCUT2D eigenvalue weighted by Gasteiger charge is 2.32. The lowest BCUT2D eigenvalue weighted by atomic mass is 10.00. The number of nitrogens with one attached hydrogen (secondary N) is 1. The van der Waals surface area contributed by atoms with E-state index in [0.717, 1.165) is 41.5 Å². The molecule has 1 fully saturated rings. The lowest BCUT2D eigenvalue weighted by Gasteiger charge is -2.04. The Hall–Kier alpha value is 0.360. The van der Waals surface area contributed by atoms with Crippen molar-refractivity contribution in [3.63, 3.8) is 0 Å². The number of hydrogen-bond donors (Lipinski definition) is 1. The fourth-order valence-corrected chi connectivity index (χ4v) is 4.69. The number of nitrogens with zero attached hydrogens (tertiary/aromatic N) is 4. The van der Waals surface area contributed by atoms with E-state index in [1.54, 1.807) is 0 Å². The third-order valence-electron chi connectivity index (χ3n) is 3.34. The van der Waals surface area contributed by atoms with Crippen molar-refractivity contribution >= 4 is 84.5 Å². The Kier molecular flexibility index (Phi) is 7.19. The van der Waals surface area contributed by atoms with Gasteiger partial charge < -0.3 is 5.32 Å². The molecule has 0 amide bonds. The predicted octanol–water partition coefficient (Wildman–Crippen LogP) is 4.30. The highest BCUT2D eigenvalue weighted by Crippen LogP contribution is 2.38. The Morgan fingerprint density at radius 1 is 1.14 bits per heavy atom. The fourth-order valence-electron chi connectivity index (χ4n) is 2.46. The molecule has 3 heterocycles. The van der Waals surface area contributed by atoms with Gasteiger partial charge in [-0.3, -0.25) is 0 Å². The van der Waals surface area contributed by atoms with Crippen molar-refractivity contribution in [2.75, 3.05) is 13.1 Å². The molecule has 0 saturated carbocycles. The van der Waals surface area contributed by atoms with Crippen LogP contribution in [-0.2, 0) is 0 Å². The van der Waals surface area contributed by atoms with E-state index in [2.05, 4.69) is 62.0 Å². The van der Waals surface area contributed by atoms with Crippen LogP contribution in [-0.4, -0.2) is 31.8 Å². The third-order valence-corrected chi connectivity index (χ3v) is 6.11. The number of allylic oxidation sites excluding steroid dienone is 1. The molecule has 0 radical (unpaired) electrons. The van der Waals surface area contributed by atoms with Crippen LogP contribution in [0.2, 0.25) is 4.47 Å². The smallest absolute Gasteiger partial charge is 0.210 e. The maximum atomic E-state index is 5.38. The Morgan fingerprint density at radius 3 is 2.36 bits per heavy atom. The summed E-state index contributed by atoms with van der Waals surface area (Å²) < 4.78 is 9.62. The molecular formula is C11H11Br2Cl2N5S2. The van der Waals surface area contributed by atoms with Crippen molar-refractivity contribution in [2.45, 2.75) is 6.42 Å².